The number of aliphatic hydroxyl groups excluding tert-OH is 16. The quantitative estimate of drug-likeness (QED) is 0.00623. The number of carboxylic acid groups (broad SMARTS) is 5. The molecule has 0 aliphatic heterocycles. The zero-order valence-electron chi connectivity index (χ0n) is 65.5. The second kappa shape index (κ2) is 53.2. The van der Waals surface area contributed by atoms with Crippen molar-refractivity contribution in [1.82, 2.24) is 41.2 Å². The molecule has 1 aromatic carbocycles. The molecule has 3 rings (SSSR count). The molecule has 4 amide bonds. The number of hydrogen-bond acceptors (Lipinski definition) is 38. The van der Waals surface area contributed by atoms with E-state index in [-0.39, 0.29) is 29.1 Å². The van der Waals surface area contributed by atoms with Crippen molar-refractivity contribution in [3.63, 3.8) is 0 Å². The SMILES string of the molecule is Cc1nc2ncc(CCc3ccc(C(=O)C[C@@H](CCC(=O)N[C@H](C(=O)C[C@@H](CCC(=O)O)C(=O)N[C@H](C(=O)C[C@@H](CCCN=C(N)N)C(=O)N[C@H](C(=O)C[C@@H](CCC(=O)O)C(=O)N[C@H](C(=O)C[C@@H](CSSCCOC(=O)O)C(=O)O)[C@@H](O)[C@H](O)[C@H](O)CO)[C@@H](O)[C@H](O)[C@H](O)CO)[C@@H](O)[C@H](O)[C@H](O)CO)[C@@H](O)[C@H](O)[C@H](O)CO)C(=O)O)cc3)nc2c(=O)[nH]1. The van der Waals surface area contributed by atoms with Gasteiger partial charge in [-0.15, -0.1) is 0 Å². The lowest BCUT2D eigenvalue weighted by Gasteiger charge is -2.33. The number of rotatable bonds is 62. The number of aliphatic imine (C=N–C) groups is 1. The summed E-state index contributed by atoms with van der Waals surface area (Å²) in [5, 5.41) is 227. The summed E-state index contributed by atoms with van der Waals surface area (Å²) < 4.78 is 4.36. The summed E-state index contributed by atoms with van der Waals surface area (Å²) in [7, 11) is 1.67. The summed E-state index contributed by atoms with van der Waals surface area (Å²) in [5.74, 6) is -30.4. The van der Waals surface area contributed by atoms with Gasteiger partial charge in [-0.3, -0.25) is 72.1 Å². The number of carbonyl (C=O) groups excluding carboxylic acids is 9. The van der Waals surface area contributed by atoms with Crippen molar-refractivity contribution in [2.75, 3.05) is 51.1 Å². The summed E-state index contributed by atoms with van der Waals surface area (Å²) in [4.78, 5) is 221. The molecule has 0 bridgehead atoms. The Kier molecular flexibility index (Phi) is 46.4. The van der Waals surface area contributed by atoms with E-state index < -0.39 is 343 Å². The molecule has 122 heavy (non-hydrogen) atoms. The number of Topliss-reactive ketones (excluding diaryl/α,β-unsaturated/α-hetero) is 5. The first-order valence-electron chi connectivity index (χ1n) is 37.6. The second-order valence-electron chi connectivity index (χ2n) is 28.4. The number of nitrogens with zero attached hydrogens (tertiary/aromatic N) is 4. The number of nitrogens with two attached hydrogens (primary N) is 2. The fourth-order valence-corrected chi connectivity index (χ4v) is 14.2. The minimum atomic E-state index is -2.85. The lowest BCUT2D eigenvalue weighted by Crippen LogP contribution is -2.59. The van der Waals surface area contributed by atoms with Crippen LogP contribution in [0.2, 0.25) is 0 Å². The lowest BCUT2D eigenvalue weighted by atomic mass is 9.86. The minimum absolute atomic E-state index is 0.0178. The van der Waals surface area contributed by atoms with Crippen molar-refractivity contribution < 1.29 is 179 Å². The van der Waals surface area contributed by atoms with E-state index in [0.29, 0.717) is 29.9 Å². The maximum Gasteiger partial charge on any atom is 0.505 e. The van der Waals surface area contributed by atoms with Crippen molar-refractivity contribution >= 4 is 121 Å². The predicted molar refractivity (Wildman–Crippen MR) is 417 cm³/mol. The van der Waals surface area contributed by atoms with Crippen molar-refractivity contribution in [2.24, 2.45) is 46.0 Å². The van der Waals surface area contributed by atoms with E-state index in [1.807, 2.05) is 21.3 Å². The molecule has 0 saturated heterocycles. The Hall–Kier alpha value is -9.85. The van der Waals surface area contributed by atoms with E-state index in [1.165, 1.54) is 18.3 Å². The fraction of sp³-hybridized carbons (Fsp3) is 0.625. The summed E-state index contributed by atoms with van der Waals surface area (Å²) in [6.07, 6.45) is -43.5. The number of guanidine groups is 1. The molecule has 682 valence electrons. The number of hydrogen-bond donors (Lipinski definition) is 28. The van der Waals surface area contributed by atoms with Crippen LogP contribution in [0.4, 0.5) is 4.79 Å². The Morgan fingerprint density at radius 3 is 1.29 bits per heavy atom. The molecule has 0 unspecified atom stereocenters. The molecule has 0 radical (unpaired) electrons. The van der Waals surface area contributed by atoms with Gasteiger partial charge in [-0.1, -0.05) is 45.9 Å². The lowest BCUT2D eigenvalue weighted by molar-refractivity contribution is -0.146. The average Bonchev–Trinajstić information content (AvgIpc) is 0.811. The van der Waals surface area contributed by atoms with Gasteiger partial charge < -0.3 is 150 Å². The van der Waals surface area contributed by atoms with Gasteiger partial charge in [0.25, 0.3) is 5.56 Å². The first-order chi connectivity index (χ1) is 57.3. The van der Waals surface area contributed by atoms with Gasteiger partial charge in [-0.05, 0) is 57.4 Å². The van der Waals surface area contributed by atoms with Crippen molar-refractivity contribution in [3.8, 4) is 0 Å². The number of benzene rings is 1. The normalized spacial score (nSPS) is 16.8. The zero-order valence-corrected chi connectivity index (χ0v) is 67.1. The van der Waals surface area contributed by atoms with Gasteiger partial charge in [0.15, 0.2) is 46.0 Å². The number of fused-ring (bicyclic) bond motifs is 1. The zero-order chi connectivity index (χ0) is 92.1. The Bertz CT molecular complexity index is 4110. The van der Waals surface area contributed by atoms with Crippen LogP contribution in [0.3, 0.4) is 0 Å². The van der Waals surface area contributed by atoms with Crippen LogP contribution in [0.5, 0.6) is 0 Å². The summed E-state index contributed by atoms with van der Waals surface area (Å²) in [6.45, 7) is -4.69. The maximum atomic E-state index is 14.9. The summed E-state index contributed by atoms with van der Waals surface area (Å²) >= 11 is 0. The molecular formula is C72H105N11O37S2. The summed E-state index contributed by atoms with van der Waals surface area (Å²) in [6, 6.07) is -4.56. The molecule has 48 nitrogen and oxygen atoms in total. The number of carbonyl (C=O) groups is 14. The van der Waals surface area contributed by atoms with Crippen LogP contribution < -0.4 is 38.3 Å². The molecule has 0 saturated carbocycles. The third-order valence-electron chi connectivity index (χ3n) is 19.1. The standard InChI is InChI=1S/C72H105N11O37S2/c1-30-77-64-55(68(113)78-30)79-38(24-76-64)12-6-31-4-7-32(8-5-31)39(88)22-36(69(114)115)9-13-48(97)80-51(60(106)56(102)44(93)25-84)40(89)20-34(10-14-49(98)99)66(111)82-52(61(107)57(103)45(94)26-85)41(90)19-33(3-2-16-75-71(73)74)65(110)81-53(62(108)58(104)46(95)27-86)42(91)21-35(11-15-50(100)101)67(112)83-54(63(109)59(105)47(96)28-87)43(92)23-37(70(116)117)29-122-121-18-17-120-72(118)119/h4-5,7-8,24,33-37,44-47,51-54,56-63,84-87,93-96,102-109H,2-3,6,9-23,25-29H2,1H3,(H,80,97)(H,81,110)(H,82,111)(H,83,112)(H,98,99)(H,100,101)(H,114,115)(H,116,117)(H,118,119)(H4,73,74,75)(H,76,77,78,113)/t33-,34-,35-,36-,37+,44-,45-,46-,47-,51-,52-,53-,54-,56-,57-,58-,59-,60-,61-,62-,63-/m1/s1. The van der Waals surface area contributed by atoms with Crippen LogP contribution in [0.1, 0.15) is 111 Å². The number of aryl methyl sites for hydroxylation is 3. The van der Waals surface area contributed by atoms with Gasteiger partial charge >= 0.3 is 30.0 Å². The number of H-pyrrole nitrogens is 1. The Balaban J connectivity index is 2.09. The van der Waals surface area contributed by atoms with E-state index >= 15 is 0 Å². The van der Waals surface area contributed by atoms with Gasteiger partial charge in [0.2, 0.25) is 23.6 Å². The molecule has 0 fully saturated rings. The van der Waals surface area contributed by atoms with Crippen LogP contribution in [-0.4, -0.2) is 364 Å². The average molecular weight is 1780 g/mol. The van der Waals surface area contributed by atoms with Gasteiger partial charge in [-0.25, -0.2) is 19.7 Å². The first kappa shape index (κ1) is 106. The largest absolute Gasteiger partial charge is 0.505 e. The monoisotopic (exact) mass is 1780 g/mol. The van der Waals surface area contributed by atoms with Crippen LogP contribution in [0.25, 0.3) is 11.2 Å². The molecule has 21 atom stereocenters. The van der Waals surface area contributed by atoms with Gasteiger partial charge in [-0.2, -0.15) is 0 Å². The number of ketones is 5. The number of carboxylic acids is 4. The van der Waals surface area contributed by atoms with Gasteiger partial charge in [0.05, 0.1) is 50.2 Å². The van der Waals surface area contributed by atoms with Crippen LogP contribution in [0, 0.1) is 36.5 Å². The molecule has 2 heterocycles. The highest BCUT2D eigenvalue weighted by Crippen LogP contribution is 2.29. The number of aliphatic hydroxyl groups is 16. The molecule has 3 aromatic rings. The number of nitrogens with one attached hydrogen (secondary N) is 5. The van der Waals surface area contributed by atoms with Crippen LogP contribution in [-0.2, 0) is 75.1 Å². The van der Waals surface area contributed by atoms with Crippen molar-refractivity contribution in [1.29, 1.82) is 0 Å². The molecule has 0 spiro atoms. The van der Waals surface area contributed by atoms with Crippen LogP contribution in [0.15, 0.2) is 40.2 Å². The number of amides is 4. The Morgan fingerprint density at radius 1 is 0.492 bits per heavy atom. The molecular weight excluding hydrogens is 1670 g/mol. The highest BCUT2D eigenvalue weighted by atomic mass is 33.1. The van der Waals surface area contributed by atoms with Crippen molar-refractivity contribution in [3.05, 3.63) is 63.5 Å². The molecule has 50 heteroatoms. The Labute approximate surface area is 700 Å². The van der Waals surface area contributed by atoms with Crippen molar-refractivity contribution in [2.45, 2.75) is 201 Å². The molecule has 2 aromatic heterocycles. The Morgan fingerprint density at radius 2 is 0.893 bits per heavy atom. The third-order valence-corrected chi connectivity index (χ3v) is 21.6. The number of aromatic nitrogens is 4. The fourth-order valence-electron chi connectivity index (χ4n) is 12.1. The smallest absolute Gasteiger partial charge is 0.481 e. The highest BCUT2D eigenvalue weighted by molar-refractivity contribution is 8.76. The predicted octanol–water partition coefficient (Wildman–Crippen LogP) is -9.65. The van der Waals surface area contributed by atoms with Crippen LogP contribution >= 0.6 is 21.6 Å². The molecule has 0 aliphatic rings. The minimum Gasteiger partial charge on any atom is -0.481 e. The van der Waals surface area contributed by atoms with E-state index in [9.17, 15) is 174 Å². The first-order valence-corrected chi connectivity index (χ1v) is 40.1. The van der Waals surface area contributed by atoms with Gasteiger partial charge in [0.1, 0.15) is 110 Å². The second-order valence-corrected chi connectivity index (χ2v) is 31.0. The number of ether oxygens (including phenoxy) is 1. The highest BCUT2D eigenvalue weighted by Gasteiger charge is 2.46. The van der Waals surface area contributed by atoms with E-state index in [1.54, 1.807) is 19.1 Å². The number of aliphatic carboxylic acids is 4. The van der Waals surface area contributed by atoms with E-state index in [0.717, 1.165) is 21.6 Å². The molecule has 0 aliphatic carbocycles. The third kappa shape index (κ3) is 35.2. The summed E-state index contributed by atoms with van der Waals surface area (Å²) in [5.41, 5.74) is 11.8. The maximum absolute atomic E-state index is 14.9. The molecule has 30 N–H and O–H groups in total. The van der Waals surface area contributed by atoms with E-state index in [4.69, 9.17) is 16.6 Å². The van der Waals surface area contributed by atoms with Gasteiger partial charge in [0, 0.05) is 92.7 Å². The van der Waals surface area contributed by atoms with E-state index in [2.05, 4.69) is 29.7 Å². The topological polar surface area (TPSA) is 857 Å². The number of aromatic amines is 1.